The molecule has 3 N–H and O–H groups in total. The van der Waals surface area contributed by atoms with Crippen molar-refractivity contribution in [1.82, 2.24) is 5.48 Å². The SMILES string of the molecule is COC(=O)c1ccccc1NC(=O)NO. The molecule has 0 aliphatic heterocycles. The second kappa shape index (κ2) is 4.97. The minimum atomic E-state index is -0.827. The van der Waals surface area contributed by atoms with Gasteiger partial charge in [0.05, 0.1) is 18.4 Å². The zero-order valence-corrected chi connectivity index (χ0v) is 7.98. The van der Waals surface area contributed by atoms with E-state index in [0.29, 0.717) is 0 Å². The van der Waals surface area contributed by atoms with Gasteiger partial charge in [-0.3, -0.25) is 5.21 Å². The summed E-state index contributed by atoms with van der Waals surface area (Å²) >= 11 is 0. The molecule has 0 spiro atoms. The van der Waals surface area contributed by atoms with E-state index in [4.69, 9.17) is 5.21 Å². The number of carbonyl (C=O) groups is 2. The van der Waals surface area contributed by atoms with Crippen molar-refractivity contribution in [2.75, 3.05) is 12.4 Å². The van der Waals surface area contributed by atoms with Gasteiger partial charge in [0.25, 0.3) is 0 Å². The topological polar surface area (TPSA) is 87.7 Å². The molecule has 15 heavy (non-hydrogen) atoms. The molecule has 0 unspecified atom stereocenters. The smallest absolute Gasteiger partial charge is 0.342 e. The average Bonchev–Trinajstić information content (AvgIpc) is 2.28. The summed E-state index contributed by atoms with van der Waals surface area (Å²) in [5.41, 5.74) is 1.87. The monoisotopic (exact) mass is 210 g/mol. The van der Waals surface area contributed by atoms with Crippen LogP contribution in [0.25, 0.3) is 0 Å². The normalized spacial score (nSPS) is 9.20. The Morgan fingerprint density at radius 3 is 2.60 bits per heavy atom. The van der Waals surface area contributed by atoms with Crippen LogP contribution in [-0.4, -0.2) is 24.3 Å². The Bertz CT molecular complexity index is 378. The molecule has 6 nitrogen and oxygen atoms in total. The maximum absolute atomic E-state index is 11.2. The fourth-order valence-corrected chi connectivity index (χ4v) is 1.03. The molecule has 0 heterocycles. The molecule has 0 aromatic heterocycles. The van der Waals surface area contributed by atoms with Crippen molar-refractivity contribution >= 4 is 17.7 Å². The summed E-state index contributed by atoms with van der Waals surface area (Å²) in [6, 6.07) is 5.46. The maximum Gasteiger partial charge on any atom is 0.342 e. The molecule has 0 radical (unpaired) electrons. The van der Waals surface area contributed by atoms with Crippen molar-refractivity contribution in [3.8, 4) is 0 Å². The molecule has 6 heteroatoms. The largest absolute Gasteiger partial charge is 0.465 e. The highest BCUT2D eigenvalue weighted by Crippen LogP contribution is 2.15. The van der Waals surface area contributed by atoms with Gasteiger partial charge < -0.3 is 10.1 Å². The summed E-state index contributed by atoms with van der Waals surface area (Å²) in [6.07, 6.45) is 0. The molecule has 1 rings (SSSR count). The Hall–Kier alpha value is -2.08. The number of benzene rings is 1. The Labute approximate surface area is 85.8 Å². The first-order valence-electron chi connectivity index (χ1n) is 4.07. The Morgan fingerprint density at radius 1 is 1.33 bits per heavy atom. The molecule has 0 bridgehead atoms. The van der Waals surface area contributed by atoms with Crippen molar-refractivity contribution < 1.29 is 19.5 Å². The van der Waals surface area contributed by atoms with Gasteiger partial charge >= 0.3 is 12.0 Å². The molecule has 0 fully saturated rings. The number of hydrogen-bond acceptors (Lipinski definition) is 4. The predicted molar refractivity (Wildman–Crippen MR) is 51.7 cm³/mol. The first-order chi connectivity index (χ1) is 7.19. The van der Waals surface area contributed by atoms with Gasteiger partial charge in [0.2, 0.25) is 0 Å². The standard InChI is InChI=1S/C9H10N2O4/c1-15-8(12)6-4-2-3-5-7(6)10-9(13)11-14/h2-5,14H,1H3,(H2,10,11,13). The molecule has 80 valence electrons. The lowest BCUT2D eigenvalue weighted by atomic mass is 10.2. The summed E-state index contributed by atoms with van der Waals surface area (Å²) in [6.45, 7) is 0. The van der Waals surface area contributed by atoms with E-state index in [0.717, 1.165) is 0 Å². The number of carbonyl (C=O) groups excluding carboxylic acids is 2. The predicted octanol–water partition coefficient (Wildman–Crippen LogP) is 0.984. The van der Waals surface area contributed by atoms with Gasteiger partial charge in [0, 0.05) is 0 Å². The molecule has 0 aliphatic carbocycles. The minimum absolute atomic E-state index is 0.212. The van der Waals surface area contributed by atoms with Gasteiger partial charge in [-0.15, -0.1) is 0 Å². The number of rotatable bonds is 2. The molecule has 0 aliphatic rings. The van der Waals surface area contributed by atoms with Crippen molar-refractivity contribution in [2.45, 2.75) is 0 Å². The second-order valence-electron chi connectivity index (χ2n) is 2.60. The number of methoxy groups -OCH3 is 1. The molecule has 1 aromatic carbocycles. The van der Waals surface area contributed by atoms with Crippen molar-refractivity contribution in [3.63, 3.8) is 0 Å². The summed E-state index contributed by atoms with van der Waals surface area (Å²) in [4.78, 5) is 22.1. The van der Waals surface area contributed by atoms with E-state index < -0.39 is 12.0 Å². The van der Waals surface area contributed by atoms with E-state index in [1.54, 1.807) is 12.1 Å². The quantitative estimate of drug-likeness (QED) is 0.386. The number of ether oxygens (including phenoxy) is 1. The third-order valence-electron chi connectivity index (χ3n) is 1.68. The highest BCUT2D eigenvalue weighted by Gasteiger charge is 2.12. The van der Waals surface area contributed by atoms with Crippen LogP contribution in [0.5, 0.6) is 0 Å². The van der Waals surface area contributed by atoms with Crippen molar-refractivity contribution in [3.05, 3.63) is 29.8 Å². The second-order valence-corrected chi connectivity index (χ2v) is 2.60. The first-order valence-corrected chi connectivity index (χ1v) is 4.07. The number of esters is 1. The number of anilines is 1. The van der Waals surface area contributed by atoms with Crippen LogP contribution in [-0.2, 0) is 4.74 Å². The molecule has 0 saturated carbocycles. The third kappa shape index (κ3) is 2.68. The van der Waals surface area contributed by atoms with E-state index in [1.165, 1.54) is 24.7 Å². The van der Waals surface area contributed by atoms with Gasteiger partial charge in [0.15, 0.2) is 0 Å². The summed E-state index contributed by atoms with van der Waals surface area (Å²) in [5, 5.41) is 10.6. The highest BCUT2D eigenvalue weighted by molar-refractivity contribution is 6.00. The number of amides is 2. The number of nitrogens with one attached hydrogen (secondary N) is 2. The summed E-state index contributed by atoms with van der Waals surface area (Å²) in [7, 11) is 1.24. The van der Waals surface area contributed by atoms with E-state index >= 15 is 0 Å². The molecule has 2 amide bonds. The molecular formula is C9H10N2O4. The van der Waals surface area contributed by atoms with Gasteiger partial charge in [-0.1, -0.05) is 12.1 Å². The van der Waals surface area contributed by atoms with Crippen LogP contribution in [0.15, 0.2) is 24.3 Å². The lowest BCUT2D eigenvalue weighted by Crippen LogP contribution is -2.26. The zero-order valence-electron chi connectivity index (χ0n) is 7.98. The zero-order chi connectivity index (χ0) is 11.3. The summed E-state index contributed by atoms with van der Waals surface area (Å²) < 4.78 is 4.52. The van der Waals surface area contributed by atoms with Crippen LogP contribution in [0.4, 0.5) is 10.5 Å². The lowest BCUT2D eigenvalue weighted by Gasteiger charge is -2.07. The average molecular weight is 210 g/mol. The number of para-hydroxylation sites is 1. The Morgan fingerprint density at radius 2 is 2.00 bits per heavy atom. The molecular weight excluding hydrogens is 200 g/mol. The molecule has 1 aromatic rings. The van der Waals surface area contributed by atoms with Crippen molar-refractivity contribution in [1.29, 1.82) is 0 Å². The van der Waals surface area contributed by atoms with Crippen LogP contribution in [0, 0.1) is 0 Å². The van der Waals surface area contributed by atoms with Crippen LogP contribution in [0.2, 0.25) is 0 Å². The van der Waals surface area contributed by atoms with Gasteiger partial charge in [0.1, 0.15) is 0 Å². The fraction of sp³-hybridized carbons (Fsp3) is 0.111. The van der Waals surface area contributed by atoms with E-state index in [9.17, 15) is 9.59 Å². The van der Waals surface area contributed by atoms with E-state index in [1.807, 2.05) is 0 Å². The summed E-state index contributed by atoms with van der Waals surface area (Å²) in [5.74, 6) is -0.566. The lowest BCUT2D eigenvalue weighted by molar-refractivity contribution is 0.0602. The van der Waals surface area contributed by atoms with Crippen LogP contribution in [0.3, 0.4) is 0 Å². The molecule has 0 saturated heterocycles. The number of urea groups is 1. The third-order valence-corrected chi connectivity index (χ3v) is 1.68. The van der Waals surface area contributed by atoms with Gasteiger partial charge in [-0.05, 0) is 12.1 Å². The number of hydrogen-bond donors (Lipinski definition) is 3. The van der Waals surface area contributed by atoms with Crippen LogP contribution >= 0.6 is 0 Å². The highest BCUT2D eigenvalue weighted by atomic mass is 16.5. The van der Waals surface area contributed by atoms with Crippen LogP contribution < -0.4 is 10.8 Å². The first kappa shape index (κ1) is 11.0. The van der Waals surface area contributed by atoms with Crippen LogP contribution in [0.1, 0.15) is 10.4 Å². The molecule has 0 atom stereocenters. The van der Waals surface area contributed by atoms with E-state index in [2.05, 4.69) is 10.1 Å². The van der Waals surface area contributed by atoms with Crippen molar-refractivity contribution in [2.24, 2.45) is 0 Å². The van der Waals surface area contributed by atoms with Gasteiger partial charge in [-0.2, -0.15) is 0 Å². The Kier molecular flexibility index (Phi) is 3.64. The van der Waals surface area contributed by atoms with E-state index in [-0.39, 0.29) is 11.3 Å². The maximum atomic E-state index is 11.2. The minimum Gasteiger partial charge on any atom is -0.465 e. The Balaban J connectivity index is 2.96. The fourth-order valence-electron chi connectivity index (χ4n) is 1.03. The number of hydroxylamine groups is 1. The van der Waals surface area contributed by atoms with Gasteiger partial charge in [-0.25, -0.2) is 15.1 Å².